The van der Waals surface area contributed by atoms with Crippen molar-refractivity contribution in [2.45, 2.75) is 82.8 Å². The minimum absolute atomic E-state index is 0.0905. The number of hydrogen-bond acceptors (Lipinski definition) is 2. The molecule has 0 heterocycles. The van der Waals surface area contributed by atoms with Gasteiger partial charge in [0.1, 0.15) is 11.9 Å². The molecule has 2 amide bonds. The van der Waals surface area contributed by atoms with Crippen LogP contribution in [0.25, 0.3) is 0 Å². The number of nitrogens with one attached hydrogen (secondary N) is 1. The summed E-state index contributed by atoms with van der Waals surface area (Å²) in [7, 11) is 0. The van der Waals surface area contributed by atoms with Gasteiger partial charge in [-0.1, -0.05) is 79.8 Å². The van der Waals surface area contributed by atoms with E-state index in [0.717, 1.165) is 61.6 Å². The van der Waals surface area contributed by atoms with Gasteiger partial charge in [0, 0.05) is 6.04 Å². The zero-order valence-corrected chi connectivity index (χ0v) is 20.3. The largest absolute Gasteiger partial charge is 0.351 e. The van der Waals surface area contributed by atoms with Crippen molar-refractivity contribution in [3.63, 3.8) is 0 Å². The predicted molar refractivity (Wildman–Crippen MR) is 133 cm³/mol. The second kappa shape index (κ2) is 11.2. The molecule has 0 saturated heterocycles. The minimum Gasteiger partial charge on any atom is -0.351 e. The lowest BCUT2D eigenvalue weighted by molar-refractivity contribution is -0.142. The first-order valence-electron chi connectivity index (χ1n) is 12.4. The first kappa shape index (κ1) is 23.8. The number of halogens is 1. The Bertz CT molecular complexity index is 951. The van der Waals surface area contributed by atoms with Crippen LogP contribution in [0.5, 0.6) is 0 Å². The topological polar surface area (TPSA) is 49.4 Å². The molecule has 1 N–H and O–H groups in total. The van der Waals surface area contributed by atoms with E-state index >= 15 is 0 Å². The number of amides is 2. The highest BCUT2D eigenvalue weighted by Gasteiger charge is 2.38. The average Bonchev–Trinajstić information content (AvgIpc) is 3.11. The highest BCUT2D eigenvalue weighted by Crippen LogP contribution is 2.39. The number of alkyl halides is 1. The zero-order chi connectivity index (χ0) is 23.2. The molecule has 33 heavy (non-hydrogen) atoms. The number of fused-ring (bicyclic) bond motifs is 1. The Morgan fingerprint density at radius 1 is 0.970 bits per heavy atom. The van der Waals surface area contributed by atoms with E-state index in [-0.39, 0.29) is 29.8 Å². The molecular formula is C28H35ClN2O2. The van der Waals surface area contributed by atoms with Crippen molar-refractivity contribution in [2.24, 2.45) is 0 Å². The molecule has 0 aliphatic heterocycles. The summed E-state index contributed by atoms with van der Waals surface area (Å²) in [5, 5.41) is 3.32. The van der Waals surface area contributed by atoms with Crippen LogP contribution in [-0.4, -0.2) is 28.6 Å². The Kier molecular flexibility index (Phi) is 8.08. The number of nitrogens with zero attached hydrogens (tertiary/aromatic N) is 1. The molecule has 0 unspecified atom stereocenters. The van der Waals surface area contributed by atoms with Gasteiger partial charge in [0.15, 0.2) is 0 Å². The van der Waals surface area contributed by atoms with Crippen molar-refractivity contribution in [3.05, 3.63) is 70.8 Å². The maximum Gasteiger partial charge on any atom is 0.247 e. The summed E-state index contributed by atoms with van der Waals surface area (Å²) in [6, 6.07) is 15.6. The smallest absolute Gasteiger partial charge is 0.247 e. The summed E-state index contributed by atoms with van der Waals surface area (Å²) in [4.78, 5) is 29.0. The molecule has 0 spiro atoms. The molecule has 2 atom stereocenters. The zero-order valence-electron chi connectivity index (χ0n) is 19.6. The summed E-state index contributed by atoms with van der Waals surface area (Å²) >= 11 is 6.15. The maximum atomic E-state index is 13.9. The minimum atomic E-state index is -0.698. The Labute approximate surface area is 202 Å². The summed E-state index contributed by atoms with van der Waals surface area (Å²) in [5.74, 6) is -0.426. The number of benzene rings is 2. The third-order valence-electron chi connectivity index (χ3n) is 7.20. The fourth-order valence-electron chi connectivity index (χ4n) is 5.47. The van der Waals surface area contributed by atoms with Crippen LogP contribution in [0, 0.1) is 6.92 Å². The van der Waals surface area contributed by atoms with Gasteiger partial charge in [0.05, 0.1) is 6.04 Å². The fraction of sp³-hybridized carbons (Fsp3) is 0.500. The first-order chi connectivity index (χ1) is 16.1. The summed E-state index contributed by atoms with van der Waals surface area (Å²) in [6.45, 7) is 2.03. The van der Waals surface area contributed by atoms with E-state index in [1.54, 1.807) is 4.90 Å². The van der Waals surface area contributed by atoms with Gasteiger partial charge in [-0.05, 0) is 55.7 Å². The van der Waals surface area contributed by atoms with E-state index in [4.69, 9.17) is 11.6 Å². The van der Waals surface area contributed by atoms with Crippen LogP contribution < -0.4 is 5.32 Å². The SMILES string of the molecule is Cc1ccc([C@@H](C(=O)NC2CCCCCC2)N(C(=O)CCl)[C@@H]2CCCc3ccccc32)cc1. The van der Waals surface area contributed by atoms with Gasteiger partial charge >= 0.3 is 0 Å². The molecule has 2 aliphatic carbocycles. The van der Waals surface area contributed by atoms with Crippen LogP contribution in [0.2, 0.25) is 0 Å². The maximum absolute atomic E-state index is 13.9. The van der Waals surface area contributed by atoms with E-state index in [2.05, 4.69) is 17.4 Å². The fourth-order valence-corrected chi connectivity index (χ4v) is 5.61. The third kappa shape index (κ3) is 5.60. The van der Waals surface area contributed by atoms with Crippen molar-refractivity contribution in [1.29, 1.82) is 0 Å². The number of carbonyl (C=O) groups excluding carboxylic acids is 2. The van der Waals surface area contributed by atoms with Gasteiger partial charge in [-0.2, -0.15) is 0 Å². The van der Waals surface area contributed by atoms with E-state index in [0.29, 0.717) is 0 Å². The predicted octanol–water partition coefficient (Wildman–Crippen LogP) is 6.02. The van der Waals surface area contributed by atoms with Gasteiger partial charge in [-0.3, -0.25) is 9.59 Å². The van der Waals surface area contributed by atoms with E-state index in [1.807, 2.05) is 43.3 Å². The standard InChI is InChI=1S/C28H35ClN2O2/c1-20-15-17-22(18-16-20)27(28(33)30-23-11-4-2-3-5-12-23)31(26(32)19-29)25-14-8-10-21-9-6-7-13-24(21)25/h6-7,9,13,15-18,23,25,27H,2-5,8,10-12,14,19H2,1H3,(H,30,33)/t25-,27+/m1/s1. The molecule has 0 aromatic heterocycles. The lowest BCUT2D eigenvalue weighted by Gasteiger charge is -2.40. The molecule has 1 fully saturated rings. The Morgan fingerprint density at radius 3 is 2.36 bits per heavy atom. The van der Waals surface area contributed by atoms with Crippen molar-refractivity contribution in [2.75, 3.05) is 5.88 Å². The summed E-state index contributed by atoms with van der Waals surface area (Å²) in [6.07, 6.45) is 9.55. The molecule has 1 saturated carbocycles. The van der Waals surface area contributed by atoms with Crippen LogP contribution in [-0.2, 0) is 16.0 Å². The summed E-state index contributed by atoms with van der Waals surface area (Å²) in [5.41, 5.74) is 4.36. The lowest BCUT2D eigenvalue weighted by atomic mass is 9.85. The van der Waals surface area contributed by atoms with Gasteiger partial charge in [-0.25, -0.2) is 0 Å². The van der Waals surface area contributed by atoms with Crippen molar-refractivity contribution in [1.82, 2.24) is 10.2 Å². The highest BCUT2D eigenvalue weighted by molar-refractivity contribution is 6.27. The van der Waals surface area contributed by atoms with Crippen molar-refractivity contribution < 1.29 is 9.59 Å². The van der Waals surface area contributed by atoms with Gasteiger partial charge in [0.2, 0.25) is 11.8 Å². The number of hydrogen-bond donors (Lipinski definition) is 1. The van der Waals surface area contributed by atoms with Gasteiger partial charge < -0.3 is 10.2 Å². The molecule has 4 nitrogen and oxygen atoms in total. The van der Waals surface area contributed by atoms with Crippen molar-refractivity contribution in [3.8, 4) is 0 Å². The molecule has 0 radical (unpaired) electrons. The molecule has 2 aromatic carbocycles. The number of aryl methyl sites for hydroxylation is 2. The van der Waals surface area contributed by atoms with Gasteiger partial charge in [0.25, 0.3) is 0 Å². The van der Waals surface area contributed by atoms with E-state index < -0.39 is 6.04 Å². The van der Waals surface area contributed by atoms with E-state index in [9.17, 15) is 9.59 Å². The summed E-state index contributed by atoms with van der Waals surface area (Å²) < 4.78 is 0. The molecule has 5 heteroatoms. The van der Waals surface area contributed by atoms with Crippen LogP contribution in [0.1, 0.15) is 85.7 Å². The molecule has 4 rings (SSSR count). The number of carbonyl (C=O) groups is 2. The lowest BCUT2D eigenvalue weighted by Crippen LogP contribution is -2.48. The molecule has 176 valence electrons. The quantitative estimate of drug-likeness (QED) is 0.418. The highest BCUT2D eigenvalue weighted by atomic mass is 35.5. The molecule has 2 aromatic rings. The molecule has 2 aliphatic rings. The molecule has 0 bridgehead atoms. The Hall–Kier alpha value is -2.33. The Balaban J connectivity index is 1.73. The third-order valence-corrected chi connectivity index (χ3v) is 7.43. The normalized spacial score (nSPS) is 19.8. The average molecular weight is 467 g/mol. The van der Waals surface area contributed by atoms with Crippen LogP contribution in [0.4, 0.5) is 0 Å². The monoisotopic (exact) mass is 466 g/mol. The van der Waals surface area contributed by atoms with Crippen LogP contribution >= 0.6 is 11.6 Å². The second-order valence-electron chi connectivity index (χ2n) is 9.55. The number of rotatable bonds is 6. The second-order valence-corrected chi connectivity index (χ2v) is 9.82. The van der Waals surface area contributed by atoms with Crippen LogP contribution in [0.3, 0.4) is 0 Å². The molecular weight excluding hydrogens is 432 g/mol. The first-order valence-corrected chi connectivity index (χ1v) is 12.9. The van der Waals surface area contributed by atoms with Crippen LogP contribution in [0.15, 0.2) is 48.5 Å². The van der Waals surface area contributed by atoms with Crippen molar-refractivity contribution >= 4 is 23.4 Å². The Morgan fingerprint density at radius 2 is 1.67 bits per heavy atom. The van der Waals surface area contributed by atoms with E-state index in [1.165, 1.54) is 18.4 Å². The van der Waals surface area contributed by atoms with Gasteiger partial charge in [-0.15, -0.1) is 11.6 Å².